The number of piperazine rings is 2. The fraction of sp³-hybridized carbons (Fsp3) is 0.318. The van der Waals surface area contributed by atoms with Crippen molar-refractivity contribution in [1.29, 1.82) is 0 Å². The Morgan fingerprint density at radius 3 is 1.37 bits per heavy atom. The van der Waals surface area contributed by atoms with Gasteiger partial charge in [-0.2, -0.15) is 0 Å². The first kappa shape index (κ1) is 71.0. The second-order valence-corrected chi connectivity index (χ2v) is 23.6. The van der Waals surface area contributed by atoms with Crippen molar-refractivity contribution in [1.82, 2.24) is 126 Å². The fourth-order valence-corrected chi connectivity index (χ4v) is 9.95. The fourth-order valence-electron chi connectivity index (χ4n) is 9.95. The van der Waals surface area contributed by atoms with E-state index in [2.05, 4.69) is 131 Å². The predicted molar refractivity (Wildman–Crippen MR) is 362 cm³/mol. The number of rotatable bonds is 11. The third-order valence-corrected chi connectivity index (χ3v) is 15.3. The molecular weight excluding hydrogens is 1270 g/mol. The van der Waals surface area contributed by atoms with Gasteiger partial charge in [-0.15, -0.1) is 20.4 Å². The Kier molecular flexibility index (Phi) is 24.0. The molecule has 0 unspecified atom stereocenters. The summed E-state index contributed by atoms with van der Waals surface area (Å²) in [7, 11) is 10.9. The number of benzene rings is 5. The minimum atomic E-state index is -0.524. The van der Waals surface area contributed by atoms with Crippen molar-refractivity contribution >= 4 is 46.5 Å². The lowest BCUT2D eigenvalue weighted by molar-refractivity contribution is -0.112. The molecule has 2 fully saturated rings. The molecule has 33 nitrogen and oxygen atoms in total. The molecule has 2 saturated heterocycles. The molecule has 0 atom stereocenters. The van der Waals surface area contributed by atoms with E-state index in [4.69, 9.17) is 9.47 Å². The van der Waals surface area contributed by atoms with Crippen molar-refractivity contribution in [3.63, 3.8) is 0 Å². The summed E-state index contributed by atoms with van der Waals surface area (Å²) in [5.74, 6) is 2.50. The second kappa shape index (κ2) is 33.4. The van der Waals surface area contributed by atoms with E-state index >= 15 is 0 Å². The molecule has 512 valence electrons. The van der Waals surface area contributed by atoms with Gasteiger partial charge < -0.3 is 29.1 Å². The van der Waals surface area contributed by atoms with E-state index in [1.165, 1.54) is 27.1 Å². The predicted octanol–water partition coefficient (Wildman–Crippen LogP) is 5.53. The Labute approximate surface area is 569 Å². The van der Waals surface area contributed by atoms with Gasteiger partial charge in [-0.3, -0.25) is 24.7 Å². The number of allylic oxidation sites excluding steroid dienone is 1. The van der Waals surface area contributed by atoms with Gasteiger partial charge in [-0.1, -0.05) is 90.0 Å². The first-order chi connectivity index (χ1) is 47.6. The van der Waals surface area contributed by atoms with Crippen molar-refractivity contribution < 1.29 is 33.4 Å². The minimum Gasteiger partial charge on any atom is -0.457 e. The number of fused-ring (bicyclic) bond motifs is 1. The first-order valence-corrected chi connectivity index (χ1v) is 31.3. The molecule has 2 aliphatic rings. The van der Waals surface area contributed by atoms with Crippen LogP contribution in [0.5, 0.6) is 0 Å². The van der Waals surface area contributed by atoms with Crippen LogP contribution in [0, 0.1) is 6.92 Å². The number of aryl methyl sites for hydroxylation is 6. The number of hydrogen-bond acceptors (Lipinski definition) is 24. The summed E-state index contributed by atoms with van der Waals surface area (Å²) >= 11 is 0. The number of anilines is 1. The summed E-state index contributed by atoms with van der Waals surface area (Å²) in [6.45, 7) is 14.9. The summed E-state index contributed by atoms with van der Waals surface area (Å²) in [6, 6.07) is 37.7. The number of hydrogen-bond donors (Lipinski definition) is 1. The zero-order chi connectivity index (χ0) is 70.6. The Bertz CT molecular complexity index is 4500. The number of esters is 1. The summed E-state index contributed by atoms with van der Waals surface area (Å²) in [4.78, 5) is 71.7. The van der Waals surface area contributed by atoms with Gasteiger partial charge in [0.2, 0.25) is 11.9 Å². The van der Waals surface area contributed by atoms with Crippen molar-refractivity contribution in [2.45, 2.75) is 46.8 Å². The maximum atomic E-state index is 12.7. The molecule has 1 N–H and O–H groups in total. The maximum absolute atomic E-state index is 12.7. The molecular formula is C66H76N26O7. The van der Waals surface area contributed by atoms with Crippen LogP contribution in [0.25, 0.3) is 56.3 Å². The van der Waals surface area contributed by atoms with E-state index in [1.54, 1.807) is 125 Å². The Hall–Kier alpha value is -12.3. The van der Waals surface area contributed by atoms with Crippen molar-refractivity contribution in [2.24, 2.45) is 35.2 Å². The molecule has 0 aliphatic carbocycles. The Morgan fingerprint density at radius 1 is 0.495 bits per heavy atom. The molecule has 13 rings (SSSR count). The van der Waals surface area contributed by atoms with E-state index in [1.807, 2.05) is 87.3 Å². The molecule has 6 aromatic heterocycles. The Morgan fingerprint density at radius 2 is 0.939 bits per heavy atom. The normalized spacial score (nSPS) is 13.0. The van der Waals surface area contributed by atoms with E-state index < -0.39 is 5.60 Å². The van der Waals surface area contributed by atoms with Crippen molar-refractivity contribution in [2.75, 3.05) is 64.7 Å². The molecule has 0 saturated carbocycles. The van der Waals surface area contributed by atoms with Crippen LogP contribution in [0.1, 0.15) is 69.9 Å². The Balaban J connectivity index is 0.000000148. The van der Waals surface area contributed by atoms with Crippen LogP contribution in [0.2, 0.25) is 0 Å². The number of nitrogens with one attached hydrogen (secondary N) is 1. The highest BCUT2D eigenvalue weighted by Gasteiger charge is 2.29. The third kappa shape index (κ3) is 19.2. The molecule has 0 spiro atoms. The van der Waals surface area contributed by atoms with Gasteiger partial charge in [-0.25, -0.2) is 33.0 Å². The molecule has 0 radical (unpaired) electrons. The average Bonchev–Trinajstić information content (AvgIpc) is 1.60. The molecule has 8 heterocycles. The van der Waals surface area contributed by atoms with Crippen LogP contribution in [0.15, 0.2) is 146 Å². The van der Waals surface area contributed by atoms with Gasteiger partial charge in [-0.05, 0) is 159 Å². The number of carbonyl (C=O) groups excluding carboxylic acids is 5. The lowest BCUT2D eigenvalue weighted by Crippen LogP contribution is -2.51. The van der Waals surface area contributed by atoms with Crippen LogP contribution in [0.3, 0.4) is 0 Å². The largest absolute Gasteiger partial charge is 0.457 e. The van der Waals surface area contributed by atoms with Crippen LogP contribution in [-0.2, 0) is 56.1 Å². The van der Waals surface area contributed by atoms with Gasteiger partial charge in [0.15, 0.2) is 23.3 Å². The number of likely N-dealkylation sites (N-methyl/N-ethyl adjacent to an activating group) is 1. The lowest BCUT2D eigenvalue weighted by Gasteiger charge is -2.35. The second-order valence-electron chi connectivity index (χ2n) is 23.6. The number of tetrazole rings is 5. The van der Waals surface area contributed by atoms with E-state index in [0.29, 0.717) is 66.3 Å². The van der Waals surface area contributed by atoms with Gasteiger partial charge in [0.25, 0.3) is 11.8 Å². The summed E-state index contributed by atoms with van der Waals surface area (Å²) in [5, 5.41) is 61.1. The van der Waals surface area contributed by atoms with Crippen molar-refractivity contribution in [3.8, 4) is 45.6 Å². The number of amides is 4. The van der Waals surface area contributed by atoms with Crippen LogP contribution in [0.4, 0.5) is 10.7 Å². The number of pyridine rings is 1. The zero-order valence-corrected chi connectivity index (χ0v) is 56.8. The smallest absolute Gasteiger partial charge is 0.410 e. The van der Waals surface area contributed by atoms with Crippen molar-refractivity contribution in [3.05, 3.63) is 174 Å². The highest BCUT2D eigenvalue weighted by atomic mass is 16.6. The van der Waals surface area contributed by atoms with E-state index in [9.17, 15) is 24.0 Å². The molecule has 2 aliphatic heterocycles. The molecule has 11 aromatic rings. The summed E-state index contributed by atoms with van der Waals surface area (Å²) in [6.07, 6.45) is 6.03. The van der Waals surface area contributed by atoms with Gasteiger partial charge in [0, 0.05) is 139 Å². The number of ether oxygens (including phenoxy) is 2. The minimum absolute atomic E-state index is 0.0542. The summed E-state index contributed by atoms with van der Waals surface area (Å²) in [5.41, 5.74) is 7.00. The van der Waals surface area contributed by atoms with Gasteiger partial charge in [0.1, 0.15) is 12.2 Å². The number of aromatic nitrogens is 21. The quantitative estimate of drug-likeness (QED) is 0.123. The molecule has 4 amide bonds. The third-order valence-electron chi connectivity index (χ3n) is 15.3. The highest BCUT2D eigenvalue weighted by Crippen LogP contribution is 2.29. The van der Waals surface area contributed by atoms with Gasteiger partial charge in [0.05, 0.1) is 5.56 Å². The standard InChI is InChI=1S/C18H24N6O3.C15H13N5O2.C14H18N6O.C13H12N4.C6H9N5O/c1-18(2,3)27-17(26)24-11-9-23(10-12-24)16(25)14-7-5-13(6-8-14)15-19-20-21-22(15)4;1-20-14(17-18-19-20)12-4-6-13(7-5-12)15(21)22-10-11-3-2-8-16-9-11;1-18-7-9-20(10-8-18)14(21)12-5-3-11(4-6-12)13-15-16-17-19(13)2;1-9-7-8-12(13-14-15-16-17(13)2)11-6-4-3-5-10(9)11;1-3-4-5(12)7-6-8-9-10-11(6)2/h5-8H,9-12H2,1-4H3;2-9H,10H2,1H3;3-6H,7-10H2,1-2H3;3-8H,1-2H3;3-4H,1-2H3,(H,7,8,10,12)/b;;;;4-3+. The molecule has 99 heavy (non-hydrogen) atoms. The number of nitrogens with zero attached hydrogens (tertiary/aromatic N) is 25. The van der Waals surface area contributed by atoms with Crippen LogP contribution < -0.4 is 5.32 Å². The van der Waals surface area contributed by atoms with Gasteiger partial charge >= 0.3 is 12.1 Å². The monoisotopic (exact) mass is 1340 g/mol. The van der Waals surface area contributed by atoms with E-state index in [0.717, 1.165) is 59.8 Å². The summed E-state index contributed by atoms with van der Waals surface area (Å²) < 4.78 is 18.4. The number of carbonyl (C=O) groups is 5. The average molecular weight is 1350 g/mol. The maximum Gasteiger partial charge on any atom is 0.410 e. The molecule has 33 heteroatoms. The van der Waals surface area contributed by atoms with E-state index in [-0.39, 0.29) is 36.4 Å². The topological polar surface area (TPSA) is 360 Å². The lowest BCUT2D eigenvalue weighted by atomic mass is 10.00. The SMILES string of the molecule is C/C=C/C(=O)Nc1nnnn1C.CN1CCN(C(=O)c2ccc(-c3nnnn3C)cc2)CC1.Cc1ccc(-c2nnnn2C)c2ccccc12.Cn1nnnc1-c1ccc(C(=O)N2CCN(C(=O)OC(C)(C)C)CC2)cc1.Cn1nnnc1-c1ccc(C(=O)OCc2cccnc2)cc1. The molecule has 5 aromatic carbocycles. The van der Waals surface area contributed by atoms with Crippen LogP contribution in [-0.4, -0.2) is 220 Å². The van der Waals surface area contributed by atoms with Crippen LogP contribution >= 0.6 is 0 Å². The zero-order valence-electron chi connectivity index (χ0n) is 56.8. The first-order valence-electron chi connectivity index (χ1n) is 31.3. The molecule has 0 bridgehead atoms. The highest BCUT2D eigenvalue weighted by molar-refractivity contribution is 5.99.